The van der Waals surface area contributed by atoms with Crippen molar-refractivity contribution in [2.24, 2.45) is 10.4 Å². The van der Waals surface area contributed by atoms with E-state index in [9.17, 15) is 0 Å². The molecular formula is C41H68N4O2S2. The van der Waals surface area contributed by atoms with E-state index in [1.807, 2.05) is 23.3 Å². The molecule has 49 heavy (non-hydrogen) atoms. The van der Waals surface area contributed by atoms with E-state index >= 15 is 0 Å². The minimum Gasteiger partial charge on any atom is -0.472 e. The number of thiazole rings is 2. The summed E-state index contributed by atoms with van der Waals surface area (Å²) in [6.07, 6.45) is 9.68. The summed E-state index contributed by atoms with van der Waals surface area (Å²) >= 11 is 3.47. The van der Waals surface area contributed by atoms with Crippen LogP contribution in [0.25, 0.3) is 0 Å². The molecule has 0 spiro atoms. The van der Waals surface area contributed by atoms with Gasteiger partial charge in [-0.25, -0.2) is 15.0 Å². The van der Waals surface area contributed by atoms with Crippen molar-refractivity contribution >= 4 is 28.9 Å². The molecule has 5 rings (SSSR count). The molecule has 276 valence electrons. The Kier molecular flexibility index (Phi) is 17.9. The van der Waals surface area contributed by atoms with E-state index in [2.05, 4.69) is 145 Å². The number of oxazole rings is 1. The van der Waals surface area contributed by atoms with E-state index < -0.39 is 0 Å². The van der Waals surface area contributed by atoms with Gasteiger partial charge in [-0.05, 0) is 48.8 Å². The highest BCUT2D eigenvalue weighted by Crippen LogP contribution is 2.32. The summed E-state index contributed by atoms with van der Waals surface area (Å²) in [7, 11) is 0. The van der Waals surface area contributed by atoms with Crippen LogP contribution in [0.15, 0.2) is 67.4 Å². The SMILES string of the molecule is C.CC(C)(C)c1ccoc1.CC(C)(C)c1cocn1.CC1=C(C(C)(C)C)N=CC1.Cc1ncsc1C(C)(C)C.Cc1scnc1C(C)(C)C. The number of aromatic nitrogens is 3. The Balaban J connectivity index is 0.000000585. The summed E-state index contributed by atoms with van der Waals surface area (Å²) in [5.41, 5.74) is 12.2. The molecule has 0 amide bonds. The van der Waals surface area contributed by atoms with Gasteiger partial charge in [0, 0.05) is 44.3 Å². The molecule has 0 unspecified atom stereocenters. The van der Waals surface area contributed by atoms with Gasteiger partial charge >= 0.3 is 0 Å². The zero-order valence-electron chi connectivity index (χ0n) is 33.2. The zero-order valence-corrected chi connectivity index (χ0v) is 34.9. The van der Waals surface area contributed by atoms with Crippen LogP contribution in [0, 0.1) is 19.3 Å². The van der Waals surface area contributed by atoms with Crippen LogP contribution < -0.4 is 0 Å². The lowest BCUT2D eigenvalue weighted by atomic mass is 9.89. The maximum absolute atomic E-state index is 4.94. The first-order valence-electron chi connectivity index (χ1n) is 16.7. The molecule has 5 heterocycles. The molecule has 4 aromatic heterocycles. The smallest absolute Gasteiger partial charge is 0.180 e. The second kappa shape index (κ2) is 19.0. The summed E-state index contributed by atoms with van der Waals surface area (Å²) < 4.78 is 9.77. The topological polar surface area (TPSA) is 77.3 Å². The first-order chi connectivity index (χ1) is 21.8. The quantitative estimate of drug-likeness (QED) is 0.181. The molecule has 6 nitrogen and oxygen atoms in total. The lowest BCUT2D eigenvalue weighted by molar-refractivity contribution is 0.495. The van der Waals surface area contributed by atoms with Crippen LogP contribution in [0.3, 0.4) is 0 Å². The van der Waals surface area contributed by atoms with Gasteiger partial charge in [-0.2, -0.15) is 0 Å². The van der Waals surface area contributed by atoms with Gasteiger partial charge < -0.3 is 8.83 Å². The fourth-order valence-electron chi connectivity index (χ4n) is 4.64. The molecule has 0 N–H and O–H groups in total. The van der Waals surface area contributed by atoms with Crippen molar-refractivity contribution in [1.82, 2.24) is 15.0 Å². The Morgan fingerprint density at radius 3 is 1.43 bits per heavy atom. The number of allylic oxidation sites excluding steroid dienone is 2. The minimum atomic E-state index is 0. The molecule has 0 radical (unpaired) electrons. The van der Waals surface area contributed by atoms with Crippen molar-refractivity contribution in [3.05, 3.63) is 85.9 Å². The first-order valence-corrected chi connectivity index (χ1v) is 18.5. The number of hydrogen-bond donors (Lipinski definition) is 0. The maximum Gasteiger partial charge on any atom is 0.180 e. The van der Waals surface area contributed by atoms with Gasteiger partial charge in [0.25, 0.3) is 0 Å². The van der Waals surface area contributed by atoms with Gasteiger partial charge in [-0.3, -0.25) is 4.99 Å². The number of aryl methyl sites for hydroxylation is 2. The Morgan fingerprint density at radius 2 is 1.22 bits per heavy atom. The number of nitrogens with zero attached hydrogens (tertiary/aromatic N) is 4. The summed E-state index contributed by atoms with van der Waals surface area (Å²) in [5.74, 6) is 0. The van der Waals surface area contributed by atoms with Gasteiger partial charge in [0.1, 0.15) is 6.26 Å². The van der Waals surface area contributed by atoms with Crippen molar-refractivity contribution in [3.63, 3.8) is 0 Å². The van der Waals surface area contributed by atoms with Crippen molar-refractivity contribution < 1.29 is 8.83 Å². The molecule has 8 heteroatoms. The summed E-state index contributed by atoms with van der Waals surface area (Å²) in [6, 6.07) is 2.00. The zero-order chi connectivity index (χ0) is 37.1. The van der Waals surface area contributed by atoms with Gasteiger partial charge in [0.05, 0.1) is 40.6 Å². The largest absolute Gasteiger partial charge is 0.472 e. The molecule has 4 aromatic rings. The summed E-state index contributed by atoms with van der Waals surface area (Å²) in [4.78, 5) is 19.6. The van der Waals surface area contributed by atoms with Crippen LogP contribution in [-0.2, 0) is 21.7 Å². The molecule has 0 aromatic carbocycles. The third-order valence-corrected chi connectivity index (χ3v) is 9.31. The van der Waals surface area contributed by atoms with E-state index in [-0.39, 0.29) is 34.5 Å². The molecule has 0 saturated heterocycles. The van der Waals surface area contributed by atoms with Crippen molar-refractivity contribution in [1.29, 1.82) is 0 Å². The average molecular weight is 713 g/mol. The van der Waals surface area contributed by atoms with Crippen molar-refractivity contribution in [2.75, 3.05) is 0 Å². The minimum absolute atomic E-state index is 0. The van der Waals surface area contributed by atoms with Crippen molar-refractivity contribution in [3.8, 4) is 0 Å². The third-order valence-electron chi connectivity index (χ3n) is 7.20. The number of aliphatic imine (C=N–C) groups is 1. The highest BCUT2D eigenvalue weighted by molar-refractivity contribution is 7.10. The van der Waals surface area contributed by atoms with Gasteiger partial charge in [0.15, 0.2) is 6.39 Å². The number of hydrogen-bond acceptors (Lipinski definition) is 8. The molecule has 1 aliphatic rings. The fraction of sp³-hybridized carbons (Fsp3) is 0.610. The number of rotatable bonds is 0. The standard InChI is InChI=1S/C9H15N.2C8H13NS.C8H12O.C7H11NO.CH4/c1-7-5-6-10-8(7)9(2,3)4;1-6-7(8(2,3)4)9-5-10-6;1-6-7(8(2,3)4)10-5-9-6;1-8(2,3)7-4-5-9-6-7;1-7(2,3)6-4-9-5-8-6;/h6H,5H2,1-4H3;2*5H,1-4H3;4-6H,1-3H3;4-5H,1-3H3;1H4. The normalized spacial score (nSPS) is 13.1. The van der Waals surface area contributed by atoms with Crippen LogP contribution >= 0.6 is 22.7 Å². The highest BCUT2D eigenvalue weighted by Gasteiger charge is 2.21. The summed E-state index contributed by atoms with van der Waals surface area (Å²) in [5, 5.41) is 0. The third kappa shape index (κ3) is 16.6. The molecular weight excluding hydrogens is 645 g/mol. The van der Waals surface area contributed by atoms with E-state index in [1.54, 1.807) is 41.5 Å². The van der Waals surface area contributed by atoms with Crippen LogP contribution in [0.1, 0.15) is 157 Å². The monoisotopic (exact) mass is 712 g/mol. The average Bonchev–Trinajstić information content (AvgIpc) is 3.74. The van der Waals surface area contributed by atoms with E-state index in [1.165, 1.54) is 44.4 Å². The van der Waals surface area contributed by atoms with Crippen LogP contribution in [0.5, 0.6) is 0 Å². The maximum atomic E-state index is 4.94. The van der Waals surface area contributed by atoms with Crippen molar-refractivity contribution in [2.45, 2.75) is 160 Å². The fourth-order valence-corrected chi connectivity index (χ4v) is 6.32. The van der Waals surface area contributed by atoms with E-state index in [0.717, 1.165) is 12.1 Å². The van der Waals surface area contributed by atoms with Gasteiger partial charge in [0.2, 0.25) is 0 Å². The molecule has 1 aliphatic heterocycles. The molecule has 0 fully saturated rings. The Bertz CT molecular complexity index is 1430. The van der Waals surface area contributed by atoms with E-state index in [0.29, 0.717) is 0 Å². The summed E-state index contributed by atoms with van der Waals surface area (Å²) in [6.45, 7) is 39.0. The Morgan fingerprint density at radius 1 is 0.633 bits per heavy atom. The number of furan rings is 1. The molecule has 0 bridgehead atoms. The molecule has 0 saturated carbocycles. The Hall–Kier alpha value is -2.84. The van der Waals surface area contributed by atoms with Crippen LogP contribution in [0.2, 0.25) is 0 Å². The molecule has 0 atom stereocenters. The van der Waals surface area contributed by atoms with Crippen LogP contribution in [0.4, 0.5) is 0 Å². The second-order valence-corrected chi connectivity index (χ2v) is 19.2. The predicted molar refractivity (Wildman–Crippen MR) is 216 cm³/mol. The first kappa shape index (κ1) is 46.2. The van der Waals surface area contributed by atoms with E-state index in [4.69, 9.17) is 8.83 Å². The van der Waals surface area contributed by atoms with Gasteiger partial charge in [-0.1, -0.05) is 111 Å². The second-order valence-electron chi connectivity index (χ2n) is 17.3. The van der Waals surface area contributed by atoms with Crippen LogP contribution in [-0.4, -0.2) is 21.2 Å². The lowest BCUT2D eigenvalue weighted by Crippen LogP contribution is -2.12. The van der Waals surface area contributed by atoms with Gasteiger partial charge in [-0.15, -0.1) is 22.7 Å². The lowest BCUT2D eigenvalue weighted by Gasteiger charge is -2.18. The Labute approximate surface area is 308 Å². The predicted octanol–water partition coefficient (Wildman–Crippen LogP) is 13.5. The molecule has 0 aliphatic carbocycles. The highest BCUT2D eigenvalue weighted by atomic mass is 32.1.